The number of carbonyl (C=O) groups is 1. The molecule has 1 aromatic carbocycles. The predicted molar refractivity (Wildman–Crippen MR) is 120 cm³/mol. The number of aromatic nitrogens is 1. The van der Waals surface area contributed by atoms with Gasteiger partial charge in [0, 0.05) is 17.0 Å². The predicted octanol–water partition coefficient (Wildman–Crippen LogP) is 1.94. The second-order valence-corrected chi connectivity index (χ2v) is 10.3. The zero-order valence-corrected chi connectivity index (χ0v) is 19.5. The maximum atomic E-state index is 12.9. The lowest BCUT2D eigenvalue weighted by atomic mass is 10.1. The molecule has 0 aliphatic heterocycles. The molecule has 6 N–H and O–H groups in total. The number of ether oxygens (including phenoxy) is 1. The Labute approximate surface area is 186 Å². The minimum Gasteiger partial charge on any atom is -0.459 e. The van der Waals surface area contributed by atoms with Gasteiger partial charge >= 0.3 is 5.97 Å². The van der Waals surface area contributed by atoms with Gasteiger partial charge < -0.3 is 16.2 Å². The number of hydrazine groups is 1. The first kappa shape index (κ1) is 24.8. The highest BCUT2D eigenvalue weighted by Crippen LogP contribution is 2.31. The first-order valence-electron chi connectivity index (χ1n) is 9.39. The van der Waals surface area contributed by atoms with Crippen LogP contribution in [0.4, 0.5) is 5.82 Å². The van der Waals surface area contributed by atoms with Crippen molar-refractivity contribution in [3.05, 3.63) is 29.4 Å². The molecule has 0 fully saturated rings. The molecule has 1 aromatic heterocycles. The number of aliphatic imine (C=N–C) groups is 1. The molecular formula is C19H27ClN6O4S. The Balaban J connectivity index is 2.36. The number of nitrogens with two attached hydrogens (primary N) is 2. The van der Waals surface area contributed by atoms with E-state index in [4.69, 9.17) is 27.8 Å². The minimum absolute atomic E-state index is 0.102. The van der Waals surface area contributed by atoms with Crippen molar-refractivity contribution in [2.24, 2.45) is 22.4 Å². The van der Waals surface area contributed by atoms with Crippen LogP contribution in [0.5, 0.6) is 0 Å². The van der Waals surface area contributed by atoms with Gasteiger partial charge in [-0.2, -0.15) is 4.99 Å². The molecule has 0 saturated heterocycles. The van der Waals surface area contributed by atoms with E-state index in [0.29, 0.717) is 15.8 Å². The monoisotopic (exact) mass is 470 g/mol. The molecule has 0 saturated carbocycles. The van der Waals surface area contributed by atoms with E-state index >= 15 is 0 Å². The van der Waals surface area contributed by atoms with Crippen LogP contribution in [0, 0.1) is 5.92 Å². The highest BCUT2D eigenvalue weighted by Gasteiger charge is 2.29. The number of sulfonamides is 1. The number of rotatable bonds is 7. The van der Waals surface area contributed by atoms with Gasteiger partial charge in [-0.05, 0) is 38.8 Å². The second kappa shape index (κ2) is 9.35. The van der Waals surface area contributed by atoms with Gasteiger partial charge in [-0.25, -0.2) is 18.8 Å². The molecule has 1 heterocycles. The molecular weight excluding hydrogens is 444 g/mol. The SMILES string of the molecule is CC(C)[C@@H](NNS(=O)(=O)c1ccc2c(Cl)cnc(N=C(N)N)c2c1)C(=O)OC(C)(C)C. The molecule has 31 heavy (non-hydrogen) atoms. The molecule has 170 valence electrons. The highest BCUT2D eigenvalue weighted by atomic mass is 35.5. The van der Waals surface area contributed by atoms with Gasteiger partial charge in [-0.1, -0.05) is 31.5 Å². The van der Waals surface area contributed by atoms with Gasteiger partial charge in [0.15, 0.2) is 11.8 Å². The van der Waals surface area contributed by atoms with E-state index in [0.717, 1.165) is 0 Å². The van der Waals surface area contributed by atoms with E-state index in [2.05, 4.69) is 20.2 Å². The van der Waals surface area contributed by atoms with Crippen LogP contribution < -0.4 is 21.7 Å². The molecule has 0 bridgehead atoms. The molecule has 10 nitrogen and oxygen atoms in total. The second-order valence-electron chi connectivity index (χ2n) is 8.18. The summed E-state index contributed by atoms with van der Waals surface area (Å²) in [6.07, 6.45) is 1.37. The molecule has 0 aliphatic carbocycles. The van der Waals surface area contributed by atoms with E-state index in [9.17, 15) is 13.2 Å². The lowest BCUT2D eigenvalue weighted by Gasteiger charge is -2.26. The normalized spacial score (nSPS) is 13.3. The number of fused-ring (bicyclic) bond motifs is 1. The summed E-state index contributed by atoms with van der Waals surface area (Å²) in [6.45, 7) is 8.72. The van der Waals surface area contributed by atoms with E-state index in [-0.39, 0.29) is 22.6 Å². The van der Waals surface area contributed by atoms with Crippen molar-refractivity contribution < 1.29 is 17.9 Å². The van der Waals surface area contributed by atoms with Crippen LogP contribution in [-0.4, -0.2) is 37.0 Å². The average molecular weight is 471 g/mol. The minimum atomic E-state index is -4.07. The number of carbonyl (C=O) groups excluding carboxylic acids is 1. The summed E-state index contributed by atoms with van der Waals surface area (Å²) >= 11 is 6.16. The summed E-state index contributed by atoms with van der Waals surface area (Å²) in [6, 6.07) is 3.34. The topological polar surface area (TPSA) is 162 Å². The molecule has 0 unspecified atom stereocenters. The number of nitrogens with zero attached hydrogens (tertiary/aromatic N) is 2. The van der Waals surface area contributed by atoms with Crippen LogP contribution in [0.25, 0.3) is 10.8 Å². The third-order valence-electron chi connectivity index (χ3n) is 4.01. The Morgan fingerprint density at radius 2 is 1.87 bits per heavy atom. The van der Waals surface area contributed by atoms with Gasteiger partial charge in [0.25, 0.3) is 10.0 Å². The van der Waals surface area contributed by atoms with E-state index in [1.54, 1.807) is 34.6 Å². The Bertz CT molecular complexity index is 1110. The molecule has 0 amide bonds. The summed E-state index contributed by atoms with van der Waals surface area (Å²) in [7, 11) is -4.07. The van der Waals surface area contributed by atoms with Gasteiger partial charge in [-0.3, -0.25) is 4.79 Å². The molecule has 1 atom stereocenters. The van der Waals surface area contributed by atoms with Crippen LogP contribution in [-0.2, 0) is 19.6 Å². The summed E-state index contributed by atoms with van der Waals surface area (Å²) in [5.74, 6) is -0.931. The number of pyridine rings is 1. The van der Waals surface area contributed by atoms with Crippen molar-refractivity contribution in [2.75, 3.05) is 0 Å². The van der Waals surface area contributed by atoms with Crippen LogP contribution in [0.15, 0.2) is 34.3 Å². The van der Waals surface area contributed by atoms with E-state index < -0.39 is 27.6 Å². The number of nitrogens with one attached hydrogen (secondary N) is 2. The van der Waals surface area contributed by atoms with Crippen LogP contribution in [0.2, 0.25) is 5.02 Å². The smallest absolute Gasteiger partial charge is 0.325 e. The zero-order valence-electron chi connectivity index (χ0n) is 17.9. The Morgan fingerprint density at radius 3 is 2.42 bits per heavy atom. The van der Waals surface area contributed by atoms with Crippen molar-refractivity contribution in [1.29, 1.82) is 0 Å². The maximum absolute atomic E-state index is 12.9. The number of guanidine groups is 1. The molecule has 2 rings (SSSR count). The Morgan fingerprint density at radius 1 is 1.23 bits per heavy atom. The molecule has 0 spiro atoms. The summed E-state index contributed by atoms with van der Waals surface area (Å²) in [5.41, 5.74) is 12.7. The van der Waals surface area contributed by atoms with E-state index in [1.807, 2.05) is 0 Å². The largest absolute Gasteiger partial charge is 0.459 e. The number of benzene rings is 1. The summed E-state index contributed by atoms with van der Waals surface area (Å²) < 4.78 is 31.1. The lowest BCUT2D eigenvalue weighted by Crippen LogP contribution is -2.52. The van der Waals surface area contributed by atoms with Crippen molar-refractivity contribution in [1.82, 2.24) is 15.2 Å². The first-order chi connectivity index (χ1) is 14.2. The number of esters is 1. The standard InChI is InChI=1S/C19H27ClN6O4S/c1-10(2)15(17(27)30-19(3,4)5)25-26-31(28,29)11-6-7-12-13(8-11)16(24-18(21)22)23-9-14(12)20/h6-10,15,25-26H,1-5H3,(H4,21,22,23,24)/t15-/m1/s1. The summed E-state index contributed by atoms with van der Waals surface area (Å²) in [5, 5.41) is 1.18. The number of halogens is 1. The van der Waals surface area contributed by atoms with Crippen LogP contribution in [0.1, 0.15) is 34.6 Å². The lowest BCUT2D eigenvalue weighted by molar-refractivity contribution is -0.158. The number of hydrogen-bond acceptors (Lipinski definition) is 7. The van der Waals surface area contributed by atoms with Crippen LogP contribution in [0.3, 0.4) is 0 Å². The van der Waals surface area contributed by atoms with Crippen molar-refractivity contribution >= 4 is 50.1 Å². The quantitative estimate of drug-likeness (QED) is 0.206. The van der Waals surface area contributed by atoms with Crippen molar-refractivity contribution in [3.63, 3.8) is 0 Å². The highest BCUT2D eigenvalue weighted by molar-refractivity contribution is 7.89. The fourth-order valence-electron chi connectivity index (χ4n) is 2.62. The Hall–Kier alpha value is -2.47. The van der Waals surface area contributed by atoms with Gasteiger partial charge in [0.2, 0.25) is 0 Å². The summed E-state index contributed by atoms with van der Waals surface area (Å²) in [4.78, 5) is 22.5. The van der Waals surface area contributed by atoms with Gasteiger partial charge in [0.05, 0.1) is 9.92 Å². The van der Waals surface area contributed by atoms with Crippen molar-refractivity contribution in [3.8, 4) is 0 Å². The molecule has 12 heteroatoms. The molecule has 2 aromatic rings. The number of hydrogen-bond donors (Lipinski definition) is 4. The third kappa shape index (κ3) is 6.50. The average Bonchev–Trinajstić information content (AvgIpc) is 2.61. The zero-order chi connectivity index (χ0) is 23.6. The van der Waals surface area contributed by atoms with Crippen molar-refractivity contribution in [2.45, 2.75) is 51.2 Å². The maximum Gasteiger partial charge on any atom is 0.325 e. The fourth-order valence-corrected chi connectivity index (χ4v) is 3.75. The first-order valence-corrected chi connectivity index (χ1v) is 11.3. The molecule has 0 aliphatic rings. The van der Waals surface area contributed by atoms with E-state index in [1.165, 1.54) is 24.4 Å². The molecule has 0 radical (unpaired) electrons. The Kier molecular flexibility index (Phi) is 7.48. The van der Waals surface area contributed by atoms with Gasteiger partial charge in [-0.15, -0.1) is 4.83 Å². The third-order valence-corrected chi connectivity index (χ3v) is 5.57. The van der Waals surface area contributed by atoms with Crippen LogP contribution >= 0.6 is 11.6 Å². The fraction of sp³-hybridized carbons (Fsp3) is 0.421. The van der Waals surface area contributed by atoms with Gasteiger partial charge in [0.1, 0.15) is 11.6 Å².